The maximum absolute atomic E-state index is 12.6. The van der Waals surface area contributed by atoms with E-state index in [0.717, 1.165) is 12.3 Å². The van der Waals surface area contributed by atoms with Crippen LogP contribution < -0.4 is 0 Å². The molecule has 1 aromatic rings. The number of carbonyl (C=O) groups is 1. The second kappa shape index (κ2) is 3.80. The number of pyridine rings is 1. The Morgan fingerprint density at radius 3 is 2.85 bits per heavy atom. The van der Waals surface area contributed by atoms with Gasteiger partial charge in [0.1, 0.15) is 5.82 Å². The van der Waals surface area contributed by atoms with Gasteiger partial charge in [-0.1, -0.05) is 0 Å². The van der Waals surface area contributed by atoms with Gasteiger partial charge in [0, 0.05) is 12.3 Å². The summed E-state index contributed by atoms with van der Waals surface area (Å²) < 4.78 is 12.6. The Hall–Kier alpha value is -1.71. The zero-order valence-electron chi connectivity index (χ0n) is 6.99. The second-order valence-corrected chi connectivity index (χ2v) is 2.56. The van der Waals surface area contributed by atoms with Crippen molar-refractivity contribution >= 4 is 11.5 Å². The zero-order chi connectivity index (χ0) is 9.84. The summed E-state index contributed by atoms with van der Waals surface area (Å²) in [6.07, 6.45) is 3.49. The second-order valence-electron chi connectivity index (χ2n) is 2.56. The summed E-state index contributed by atoms with van der Waals surface area (Å²) >= 11 is 0. The number of aliphatic carboxylic acids is 1. The van der Waals surface area contributed by atoms with Crippen molar-refractivity contribution in [2.24, 2.45) is 0 Å². The number of halogens is 1. The summed E-state index contributed by atoms with van der Waals surface area (Å²) in [5.41, 5.74) is 0.946. The van der Waals surface area contributed by atoms with E-state index in [4.69, 9.17) is 5.11 Å². The minimum Gasteiger partial charge on any atom is -0.478 e. The van der Waals surface area contributed by atoms with E-state index < -0.39 is 11.8 Å². The Balaban J connectivity index is 3.02. The van der Waals surface area contributed by atoms with Crippen LogP contribution in [0.5, 0.6) is 0 Å². The molecule has 13 heavy (non-hydrogen) atoms. The van der Waals surface area contributed by atoms with E-state index in [-0.39, 0.29) is 0 Å². The third-order valence-corrected chi connectivity index (χ3v) is 1.50. The molecule has 0 fully saturated rings. The smallest absolute Gasteiger partial charge is 0.328 e. The Labute approximate surface area is 74.5 Å². The molecule has 0 unspecified atom stereocenters. The van der Waals surface area contributed by atoms with E-state index in [0.29, 0.717) is 11.1 Å². The molecule has 1 heterocycles. The van der Waals surface area contributed by atoms with Crippen molar-refractivity contribution in [2.75, 3.05) is 0 Å². The van der Waals surface area contributed by atoms with Crippen LogP contribution >= 0.6 is 0 Å². The van der Waals surface area contributed by atoms with Crippen molar-refractivity contribution in [3.63, 3.8) is 0 Å². The number of aromatic nitrogens is 1. The molecule has 0 atom stereocenters. The number of rotatable bonds is 2. The lowest BCUT2D eigenvalue weighted by molar-refractivity contribution is -0.131. The van der Waals surface area contributed by atoms with Crippen LogP contribution in [0.3, 0.4) is 0 Å². The molecule has 0 amide bonds. The number of nitrogens with zero attached hydrogens (tertiary/aromatic N) is 1. The van der Waals surface area contributed by atoms with Gasteiger partial charge < -0.3 is 5.11 Å². The largest absolute Gasteiger partial charge is 0.478 e. The van der Waals surface area contributed by atoms with E-state index in [1.807, 2.05) is 0 Å². The molecular formula is C9H8FNO2. The van der Waals surface area contributed by atoms with Gasteiger partial charge in [0.25, 0.3) is 0 Å². The quantitative estimate of drug-likeness (QED) is 0.706. The highest BCUT2D eigenvalue weighted by Gasteiger charge is 2.00. The monoisotopic (exact) mass is 181 g/mol. The lowest BCUT2D eigenvalue weighted by atomic mass is 10.1. The van der Waals surface area contributed by atoms with Gasteiger partial charge in [-0.3, -0.25) is 4.98 Å². The summed E-state index contributed by atoms with van der Waals surface area (Å²) in [7, 11) is 0. The first kappa shape index (κ1) is 9.38. The molecule has 0 aliphatic carbocycles. The average Bonchev–Trinajstić information content (AvgIpc) is 2.03. The molecule has 3 nitrogen and oxygen atoms in total. The minimum absolute atomic E-state index is 0.472. The molecule has 1 aromatic heterocycles. The fourth-order valence-electron chi connectivity index (χ4n) is 0.896. The molecule has 0 radical (unpaired) electrons. The number of carboxylic acid groups (broad SMARTS) is 1. The minimum atomic E-state index is -1.05. The molecular weight excluding hydrogens is 173 g/mol. The highest BCUT2D eigenvalue weighted by atomic mass is 19.1. The first-order chi connectivity index (χ1) is 6.09. The van der Waals surface area contributed by atoms with Gasteiger partial charge in [-0.05, 0) is 24.1 Å². The van der Waals surface area contributed by atoms with Gasteiger partial charge in [-0.2, -0.15) is 0 Å². The van der Waals surface area contributed by atoms with E-state index in [1.165, 1.54) is 12.3 Å². The average molecular weight is 181 g/mol. The topological polar surface area (TPSA) is 50.2 Å². The molecule has 0 saturated heterocycles. The van der Waals surface area contributed by atoms with Crippen LogP contribution in [0, 0.1) is 5.82 Å². The SMILES string of the molecule is C/C(=C/C(=O)O)c1cncc(F)c1. The van der Waals surface area contributed by atoms with Crippen LogP contribution in [0.4, 0.5) is 4.39 Å². The molecule has 0 saturated carbocycles. The molecule has 0 bridgehead atoms. The number of allylic oxidation sites excluding steroid dienone is 1. The van der Waals surface area contributed by atoms with E-state index >= 15 is 0 Å². The van der Waals surface area contributed by atoms with Crippen LogP contribution in [0.1, 0.15) is 12.5 Å². The summed E-state index contributed by atoms with van der Waals surface area (Å²) in [4.78, 5) is 13.9. The summed E-state index contributed by atoms with van der Waals surface area (Å²) in [5, 5.41) is 8.42. The first-order valence-corrected chi connectivity index (χ1v) is 3.62. The van der Waals surface area contributed by atoms with E-state index in [2.05, 4.69) is 4.98 Å². The molecule has 0 aromatic carbocycles. The lowest BCUT2D eigenvalue weighted by Gasteiger charge is -1.98. The summed E-state index contributed by atoms with van der Waals surface area (Å²) in [5.74, 6) is -1.53. The highest BCUT2D eigenvalue weighted by Crippen LogP contribution is 2.12. The molecule has 1 rings (SSSR count). The lowest BCUT2D eigenvalue weighted by Crippen LogP contribution is -1.91. The van der Waals surface area contributed by atoms with Gasteiger partial charge >= 0.3 is 5.97 Å². The van der Waals surface area contributed by atoms with Gasteiger partial charge in [0.2, 0.25) is 0 Å². The fraction of sp³-hybridized carbons (Fsp3) is 0.111. The Morgan fingerprint density at radius 2 is 2.31 bits per heavy atom. The zero-order valence-corrected chi connectivity index (χ0v) is 6.99. The predicted octanol–water partition coefficient (Wildman–Crippen LogP) is 1.71. The van der Waals surface area contributed by atoms with Crippen molar-refractivity contribution in [1.29, 1.82) is 0 Å². The standard InChI is InChI=1S/C9H8FNO2/c1-6(2-9(12)13)7-3-8(10)5-11-4-7/h2-5H,1H3,(H,12,13)/b6-2-. The van der Waals surface area contributed by atoms with Gasteiger partial charge in [-0.25, -0.2) is 9.18 Å². The van der Waals surface area contributed by atoms with Crippen LogP contribution in [0.2, 0.25) is 0 Å². The Morgan fingerprint density at radius 1 is 1.62 bits per heavy atom. The van der Waals surface area contributed by atoms with Gasteiger partial charge in [0.05, 0.1) is 6.20 Å². The third kappa shape index (κ3) is 2.66. The highest BCUT2D eigenvalue weighted by molar-refractivity contribution is 5.89. The Bertz CT molecular complexity index is 360. The van der Waals surface area contributed by atoms with Gasteiger partial charge in [-0.15, -0.1) is 0 Å². The maximum Gasteiger partial charge on any atom is 0.328 e. The van der Waals surface area contributed by atoms with Crippen LogP contribution in [0.15, 0.2) is 24.5 Å². The van der Waals surface area contributed by atoms with Crippen molar-refractivity contribution in [2.45, 2.75) is 6.92 Å². The van der Waals surface area contributed by atoms with Crippen LogP contribution in [-0.2, 0) is 4.79 Å². The molecule has 1 N–H and O–H groups in total. The summed E-state index contributed by atoms with van der Waals surface area (Å²) in [6.45, 7) is 1.59. The maximum atomic E-state index is 12.6. The molecule has 0 aliphatic heterocycles. The first-order valence-electron chi connectivity index (χ1n) is 3.62. The Kier molecular flexibility index (Phi) is 2.74. The van der Waals surface area contributed by atoms with Crippen LogP contribution in [0.25, 0.3) is 5.57 Å². The third-order valence-electron chi connectivity index (χ3n) is 1.50. The summed E-state index contributed by atoms with van der Waals surface area (Å²) in [6, 6.07) is 1.24. The van der Waals surface area contributed by atoms with Crippen molar-refractivity contribution < 1.29 is 14.3 Å². The fourth-order valence-corrected chi connectivity index (χ4v) is 0.896. The normalized spacial score (nSPS) is 11.4. The van der Waals surface area contributed by atoms with Gasteiger partial charge in [0.15, 0.2) is 0 Å². The number of hydrogen-bond acceptors (Lipinski definition) is 2. The van der Waals surface area contributed by atoms with Crippen LogP contribution in [-0.4, -0.2) is 16.1 Å². The van der Waals surface area contributed by atoms with E-state index in [9.17, 15) is 9.18 Å². The van der Waals surface area contributed by atoms with E-state index in [1.54, 1.807) is 6.92 Å². The molecule has 0 aliphatic rings. The molecule has 0 spiro atoms. The molecule has 4 heteroatoms. The van der Waals surface area contributed by atoms with Crippen molar-refractivity contribution in [1.82, 2.24) is 4.98 Å². The van der Waals surface area contributed by atoms with Crippen molar-refractivity contribution in [3.05, 3.63) is 35.9 Å². The number of carboxylic acids is 1. The predicted molar refractivity (Wildman–Crippen MR) is 45.5 cm³/mol. The number of hydrogen-bond donors (Lipinski definition) is 1. The van der Waals surface area contributed by atoms with Crippen molar-refractivity contribution in [3.8, 4) is 0 Å². The molecule has 68 valence electrons.